The maximum atomic E-state index is 12.9. The molecule has 1 aromatic heterocycles. The second-order valence-electron chi connectivity index (χ2n) is 11.3. The Morgan fingerprint density at radius 3 is 2.06 bits per heavy atom. The lowest BCUT2D eigenvalue weighted by atomic mass is 9.77. The Balaban J connectivity index is 2.22. The molecule has 0 unspecified atom stereocenters. The predicted octanol–water partition coefficient (Wildman–Crippen LogP) is 4.10. The Morgan fingerprint density at radius 1 is 0.972 bits per heavy atom. The SMILES string of the molecule is CC(C)(C)c1cc([C@H](CC(=O)O)CC(=O)CNC(=O)c2cncc(CC(=N)N)c2)cc(C(C)(C)C)c1. The molecule has 0 aliphatic carbocycles. The standard InChI is InChI=1S/C28H38N4O4/c1-27(2,3)21-9-18(10-22(13-21)28(4,5)6)19(12-25(34)35)11-23(33)16-32-26(36)20-7-17(8-24(29)30)14-31-15-20/h7,9-10,13-15,19H,8,11-12,16H2,1-6H3,(H3,29,30)(H,32,36)(H,34,35)/t19-/m0/s1. The maximum absolute atomic E-state index is 12.9. The normalized spacial score (nSPS) is 12.6. The van der Waals surface area contributed by atoms with Crippen molar-refractivity contribution in [2.75, 3.05) is 6.54 Å². The highest BCUT2D eigenvalue weighted by Crippen LogP contribution is 2.34. The van der Waals surface area contributed by atoms with E-state index in [4.69, 9.17) is 11.1 Å². The summed E-state index contributed by atoms with van der Waals surface area (Å²) in [6, 6.07) is 7.73. The van der Waals surface area contributed by atoms with Crippen molar-refractivity contribution >= 4 is 23.5 Å². The van der Waals surface area contributed by atoms with Gasteiger partial charge in [-0.1, -0.05) is 59.7 Å². The summed E-state index contributed by atoms with van der Waals surface area (Å²) in [6.07, 6.45) is 2.88. The lowest BCUT2D eigenvalue weighted by Gasteiger charge is -2.28. The lowest BCUT2D eigenvalue weighted by molar-refractivity contribution is -0.137. The van der Waals surface area contributed by atoms with E-state index in [1.165, 1.54) is 12.4 Å². The summed E-state index contributed by atoms with van der Waals surface area (Å²) in [5.41, 5.74) is 8.98. The van der Waals surface area contributed by atoms with Gasteiger partial charge in [0.2, 0.25) is 0 Å². The van der Waals surface area contributed by atoms with Crippen LogP contribution in [0, 0.1) is 5.41 Å². The molecule has 1 aromatic carbocycles. The number of carboxylic acids is 1. The zero-order chi connectivity index (χ0) is 27.3. The number of ketones is 1. The van der Waals surface area contributed by atoms with Crippen molar-refractivity contribution in [2.24, 2.45) is 5.73 Å². The number of carboxylic acid groups (broad SMARTS) is 1. The zero-order valence-corrected chi connectivity index (χ0v) is 22.1. The molecule has 0 saturated carbocycles. The van der Waals surface area contributed by atoms with Gasteiger partial charge in [0.05, 0.1) is 24.4 Å². The Hall–Kier alpha value is -3.55. The summed E-state index contributed by atoms with van der Waals surface area (Å²) in [5.74, 6) is -2.28. The summed E-state index contributed by atoms with van der Waals surface area (Å²) < 4.78 is 0. The number of nitrogens with zero attached hydrogens (tertiary/aromatic N) is 1. The third-order valence-corrected chi connectivity index (χ3v) is 5.95. The van der Waals surface area contributed by atoms with Crippen LogP contribution >= 0.6 is 0 Å². The minimum atomic E-state index is -0.983. The van der Waals surface area contributed by atoms with Crippen molar-refractivity contribution in [1.29, 1.82) is 5.41 Å². The maximum Gasteiger partial charge on any atom is 0.303 e. The molecule has 1 heterocycles. The minimum Gasteiger partial charge on any atom is -0.481 e. The number of nitrogens with one attached hydrogen (secondary N) is 2. The molecule has 1 amide bonds. The van der Waals surface area contributed by atoms with Gasteiger partial charge in [-0.3, -0.25) is 24.8 Å². The highest BCUT2D eigenvalue weighted by molar-refractivity contribution is 5.97. The molecule has 194 valence electrons. The smallest absolute Gasteiger partial charge is 0.303 e. The van der Waals surface area contributed by atoms with Crippen LogP contribution in [0.2, 0.25) is 0 Å². The molecule has 2 rings (SSSR count). The number of hydrogen-bond donors (Lipinski definition) is 4. The van der Waals surface area contributed by atoms with E-state index in [1.807, 2.05) is 12.1 Å². The molecule has 0 bridgehead atoms. The minimum absolute atomic E-state index is 0.00755. The van der Waals surface area contributed by atoms with E-state index in [0.717, 1.165) is 16.7 Å². The number of pyridine rings is 1. The first-order valence-electron chi connectivity index (χ1n) is 12.0. The average Bonchev–Trinajstić information content (AvgIpc) is 2.75. The van der Waals surface area contributed by atoms with Crippen molar-refractivity contribution in [3.05, 3.63) is 64.5 Å². The van der Waals surface area contributed by atoms with Crippen molar-refractivity contribution in [1.82, 2.24) is 10.3 Å². The number of benzene rings is 1. The van der Waals surface area contributed by atoms with Gasteiger partial charge in [-0.05, 0) is 39.2 Å². The Labute approximate surface area is 213 Å². The predicted molar refractivity (Wildman–Crippen MR) is 141 cm³/mol. The molecule has 0 aliphatic rings. The van der Waals surface area contributed by atoms with E-state index in [-0.39, 0.29) is 53.8 Å². The third kappa shape index (κ3) is 8.59. The summed E-state index contributed by atoms with van der Waals surface area (Å²) >= 11 is 0. The van der Waals surface area contributed by atoms with E-state index < -0.39 is 17.8 Å². The van der Waals surface area contributed by atoms with E-state index in [1.54, 1.807) is 6.07 Å². The molecule has 1 atom stereocenters. The number of amidine groups is 1. The van der Waals surface area contributed by atoms with Crippen LogP contribution in [-0.4, -0.2) is 40.1 Å². The molecule has 0 radical (unpaired) electrons. The number of Topliss-reactive ketones (excluding diaryl/α,β-unsaturated/α-hetero) is 1. The van der Waals surface area contributed by atoms with Gasteiger partial charge >= 0.3 is 5.97 Å². The molecule has 8 nitrogen and oxygen atoms in total. The van der Waals surface area contributed by atoms with Gasteiger partial charge in [0.1, 0.15) is 0 Å². The van der Waals surface area contributed by atoms with Crippen molar-refractivity contribution < 1.29 is 19.5 Å². The fourth-order valence-corrected chi connectivity index (χ4v) is 3.83. The van der Waals surface area contributed by atoms with E-state index in [2.05, 4.69) is 57.9 Å². The number of nitrogens with two attached hydrogens (primary N) is 1. The quantitative estimate of drug-likeness (QED) is 0.289. The van der Waals surface area contributed by atoms with Crippen molar-refractivity contribution in [2.45, 2.75) is 77.6 Å². The van der Waals surface area contributed by atoms with Crippen LogP contribution in [0.1, 0.15) is 92.9 Å². The Kier molecular flexibility index (Phi) is 9.13. The number of aromatic nitrogens is 1. The van der Waals surface area contributed by atoms with Crippen LogP contribution in [-0.2, 0) is 26.8 Å². The number of carbonyl (C=O) groups is 3. The molecular formula is C28H38N4O4. The van der Waals surface area contributed by atoms with Gasteiger partial charge in [0.25, 0.3) is 5.91 Å². The van der Waals surface area contributed by atoms with Crippen LogP contribution in [0.3, 0.4) is 0 Å². The van der Waals surface area contributed by atoms with Gasteiger partial charge in [-0.2, -0.15) is 0 Å². The fourth-order valence-electron chi connectivity index (χ4n) is 3.83. The molecular weight excluding hydrogens is 456 g/mol. The van der Waals surface area contributed by atoms with Crippen LogP contribution in [0.5, 0.6) is 0 Å². The first-order valence-corrected chi connectivity index (χ1v) is 12.0. The van der Waals surface area contributed by atoms with E-state index >= 15 is 0 Å². The molecule has 0 saturated heterocycles. The molecule has 0 aliphatic heterocycles. The zero-order valence-electron chi connectivity index (χ0n) is 22.1. The second kappa shape index (κ2) is 11.5. The largest absolute Gasteiger partial charge is 0.481 e. The van der Waals surface area contributed by atoms with Crippen LogP contribution in [0.25, 0.3) is 0 Å². The van der Waals surface area contributed by atoms with E-state index in [0.29, 0.717) is 5.56 Å². The monoisotopic (exact) mass is 494 g/mol. The van der Waals surface area contributed by atoms with Gasteiger partial charge in [-0.15, -0.1) is 0 Å². The number of rotatable bonds is 10. The highest BCUT2D eigenvalue weighted by atomic mass is 16.4. The lowest BCUT2D eigenvalue weighted by Crippen LogP contribution is -2.30. The van der Waals surface area contributed by atoms with Gasteiger partial charge in [0.15, 0.2) is 5.78 Å². The van der Waals surface area contributed by atoms with Gasteiger partial charge in [0, 0.05) is 31.2 Å². The number of amides is 1. The van der Waals surface area contributed by atoms with Crippen molar-refractivity contribution in [3.63, 3.8) is 0 Å². The van der Waals surface area contributed by atoms with Crippen LogP contribution < -0.4 is 11.1 Å². The van der Waals surface area contributed by atoms with Crippen molar-refractivity contribution in [3.8, 4) is 0 Å². The van der Waals surface area contributed by atoms with E-state index in [9.17, 15) is 19.5 Å². The molecule has 8 heteroatoms. The second-order valence-corrected chi connectivity index (χ2v) is 11.3. The summed E-state index contributed by atoms with van der Waals surface area (Å²) in [6.45, 7) is 12.4. The average molecular weight is 495 g/mol. The molecule has 0 fully saturated rings. The third-order valence-electron chi connectivity index (χ3n) is 5.95. The number of aliphatic carboxylic acids is 1. The highest BCUT2D eigenvalue weighted by Gasteiger charge is 2.25. The molecule has 5 N–H and O–H groups in total. The molecule has 2 aromatic rings. The summed E-state index contributed by atoms with van der Waals surface area (Å²) in [7, 11) is 0. The van der Waals surface area contributed by atoms with Crippen LogP contribution in [0.4, 0.5) is 0 Å². The summed E-state index contributed by atoms with van der Waals surface area (Å²) in [4.78, 5) is 41.1. The van der Waals surface area contributed by atoms with Gasteiger partial charge in [-0.25, -0.2) is 0 Å². The number of carbonyl (C=O) groups excluding carboxylic acids is 2. The Bertz CT molecular complexity index is 1110. The Morgan fingerprint density at radius 2 is 1.56 bits per heavy atom. The van der Waals surface area contributed by atoms with Gasteiger partial charge < -0.3 is 16.2 Å². The molecule has 36 heavy (non-hydrogen) atoms. The first kappa shape index (κ1) is 28.7. The summed E-state index contributed by atoms with van der Waals surface area (Å²) in [5, 5.41) is 19.5. The molecule has 0 spiro atoms. The van der Waals surface area contributed by atoms with Crippen LogP contribution in [0.15, 0.2) is 36.7 Å². The number of hydrogen-bond acceptors (Lipinski definition) is 5. The first-order chi connectivity index (χ1) is 16.6. The fraction of sp³-hybridized carbons (Fsp3) is 0.464. The topological polar surface area (TPSA) is 146 Å².